The normalized spacial score (nSPS) is 11.2. The molecular formula is C18H21ClN2O4S. The quantitative estimate of drug-likeness (QED) is 0.637. The maximum atomic E-state index is 12.5. The number of carbonyl (C=O) groups excluding carboxylic acids is 1. The van der Waals surface area contributed by atoms with E-state index < -0.39 is 10.0 Å². The zero-order chi connectivity index (χ0) is 19.0. The summed E-state index contributed by atoms with van der Waals surface area (Å²) in [5, 5.41) is 3.16. The highest BCUT2D eigenvalue weighted by atomic mass is 35.5. The molecule has 1 amide bonds. The maximum absolute atomic E-state index is 12.5. The number of amides is 1. The van der Waals surface area contributed by atoms with Gasteiger partial charge in [0.2, 0.25) is 0 Å². The smallest absolute Gasteiger partial charge is 0.261 e. The van der Waals surface area contributed by atoms with Crippen molar-refractivity contribution >= 4 is 33.2 Å². The molecule has 0 aliphatic rings. The van der Waals surface area contributed by atoms with Crippen LogP contribution in [0.25, 0.3) is 0 Å². The summed E-state index contributed by atoms with van der Waals surface area (Å²) in [5.41, 5.74) is 0.624. The first kappa shape index (κ1) is 20.2. The van der Waals surface area contributed by atoms with E-state index in [1.165, 1.54) is 24.3 Å². The molecule has 0 heterocycles. The molecule has 0 saturated heterocycles. The molecule has 2 N–H and O–H groups in total. The Balaban J connectivity index is 2.06. The molecule has 0 bridgehead atoms. The fourth-order valence-electron chi connectivity index (χ4n) is 2.19. The molecule has 2 rings (SSSR count). The Morgan fingerprint density at radius 2 is 1.92 bits per heavy atom. The fraction of sp³-hybridized carbons (Fsp3) is 0.278. The largest absolute Gasteiger partial charge is 0.382 e. The van der Waals surface area contributed by atoms with Gasteiger partial charge in [0.05, 0.1) is 10.6 Å². The first-order valence-corrected chi connectivity index (χ1v) is 10.0. The van der Waals surface area contributed by atoms with Crippen molar-refractivity contribution in [3.63, 3.8) is 0 Å². The van der Waals surface area contributed by atoms with Crippen LogP contribution in [0, 0.1) is 0 Å². The van der Waals surface area contributed by atoms with Crippen LogP contribution in [0.15, 0.2) is 53.4 Å². The second kappa shape index (κ2) is 9.56. The molecule has 0 aliphatic heterocycles. The van der Waals surface area contributed by atoms with E-state index in [2.05, 4.69) is 10.0 Å². The molecule has 0 spiro atoms. The maximum Gasteiger partial charge on any atom is 0.261 e. The fourth-order valence-corrected chi connectivity index (χ4v) is 3.48. The van der Waals surface area contributed by atoms with E-state index in [0.29, 0.717) is 36.9 Å². The van der Waals surface area contributed by atoms with Crippen molar-refractivity contribution in [2.45, 2.75) is 18.2 Å². The molecule has 0 fully saturated rings. The molecule has 2 aromatic rings. The molecule has 140 valence electrons. The summed E-state index contributed by atoms with van der Waals surface area (Å²) in [7, 11) is -3.83. The van der Waals surface area contributed by atoms with Crippen LogP contribution >= 0.6 is 11.6 Å². The summed E-state index contributed by atoms with van der Waals surface area (Å²) < 4.78 is 32.7. The molecule has 0 aromatic heterocycles. The van der Waals surface area contributed by atoms with Gasteiger partial charge in [-0.1, -0.05) is 23.7 Å². The van der Waals surface area contributed by atoms with Gasteiger partial charge < -0.3 is 10.1 Å². The second-order valence-corrected chi connectivity index (χ2v) is 7.57. The van der Waals surface area contributed by atoms with Crippen molar-refractivity contribution in [2.75, 3.05) is 24.5 Å². The Bertz CT molecular complexity index is 856. The lowest BCUT2D eigenvalue weighted by molar-refractivity contribution is 0.0944. The topological polar surface area (TPSA) is 84.5 Å². The molecule has 0 aliphatic carbocycles. The van der Waals surface area contributed by atoms with Gasteiger partial charge in [-0.3, -0.25) is 9.52 Å². The lowest BCUT2D eigenvalue weighted by Crippen LogP contribution is -2.25. The average molecular weight is 397 g/mol. The lowest BCUT2D eigenvalue weighted by atomic mass is 10.2. The Morgan fingerprint density at radius 1 is 1.15 bits per heavy atom. The van der Waals surface area contributed by atoms with Crippen LogP contribution < -0.4 is 10.0 Å². The summed E-state index contributed by atoms with van der Waals surface area (Å²) in [4.78, 5) is 12.2. The van der Waals surface area contributed by atoms with E-state index in [1.54, 1.807) is 24.3 Å². The first-order valence-electron chi connectivity index (χ1n) is 8.17. The van der Waals surface area contributed by atoms with Gasteiger partial charge >= 0.3 is 0 Å². The first-order chi connectivity index (χ1) is 12.4. The Morgan fingerprint density at radius 3 is 2.65 bits per heavy atom. The van der Waals surface area contributed by atoms with Crippen LogP contribution in [-0.2, 0) is 14.8 Å². The van der Waals surface area contributed by atoms with Gasteiger partial charge in [-0.05, 0) is 49.7 Å². The van der Waals surface area contributed by atoms with Gasteiger partial charge in [-0.15, -0.1) is 0 Å². The molecule has 2 aromatic carbocycles. The van der Waals surface area contributed by atoms with Crippen LogP contribution in [0.4, 0.5) is 5.69 Å². The monoisotopic (exact) mass is 396 g/mol. The third kappa shape index (κ3) is 6.01. The van der Waals surface area contributed by atoms with Crippen LogP contribution in [0.1, 0.15) is 23.7 Å². The van der Waals surface area contributed by atoms with Crippen molar-refractivity contribution < 1.29 is 17.9 Å². The van der Waals surface area contributed by atoms with E-state index in [9.17, 15) is 13.2 Å². The summed E-state index contributed by atoms with van der Waals surface area (Å²) in [6.07, 6.45) is 0.688. The van der Waals surface area contributed by atoms with Crippen LogP contribution in [0.2, 0.25) is 5.02 Å². The number of hydrogen-bond acceptors (Lipinski definition) is 4. The van der Waals surface area contributed by atoms with Crippen molar-refractivity contribution in [2.24, 2.45) is 0 Å². The number of halogens is 1. The van der Waals surface area contributed by atoms with Crippen molar-refractivity contribution in [3.05, 3.63) is 59.1 Å². The third-order valence-corrected chi connectivity index (χ3v) is 5.05. The van der Waals surface area contributed by atoms with Crippen molar-refractivity contribution in [1.29, 1.82) is 0 Å². The molecule has 6 nitrogen and oxygen atoms in total. The standard InChI is InChI=1S/C18H21ClN2O4S/c1-2-25-11-5-10-20-18(22)14-6-3-9-17(12-14)26(23,24)21-16-8-4-7-15(19)13-16/h3-4,6-9,12-13,21H,2,5,10-11H2,1H3,(H,20,22). The van der Waals surface area contributed by atoms with Crippen LogP contribution in [0.5, 0.6) is 0 Å². The highest BCUT2D eigenvalue weighted by Crippen LogP contribution is 2.20. The summed E-state index contributed by atoms with van der Waals surface area (Å²) in [5.74, 6) is -0.332. The number of ether oxygens (including phenoxy) is 1. The molecule has 0 unspecified atom stereocenters. The number of anilines is 1. The molecule has 0 atom stereocenters. The van der Waals surface area contributed by atoms with Gasteiger partial charge in [0, 0.05) is 30.3 Å². The predicted octanol–water partition coefficient (Wildman–Crippen LogP) is 3.30. The SMILES string of the molecule is CCOCCCNC(=O)c1cccc(S(=O)(=O)Nc2cccc(Cl)c2)c1. The van der Waals surface area contributed by atoms with E-state index in [4.69, 9.17) is 16.3 Å². The molecule has 0 saturated carbocycles. The van der Waals surface area contributed by atoms with Gasteiger partial charge in [0.15, 0.2) is 0 Å². The molecule has 8 heteroatoms. The minimum atomic E-state index is -3.83. The highest BCUT2D eigenvalue weighted by molar-refractivity contribution is 7.92. The predicted molar refractivity (Wildman–Crippen MR) is 102 cm³/mol. The number of carbonyl (C=O) groups is 1. The van der Waals surface area contributed by atoms with E-state index in [-0.39, 0.29) is 16.4 Å². The summed E-state index contributed by atoms with van der Waals surface area (Å²) in [6, 6.07) is 12.3. The Kier molecular flexibility index (Phi) is 7.44. The van der Waals surface area contributed by atoms with Gasteiger partial charge in [0.25, 0.3) is 15.9 Å². The van der Waals surface area contributed by atoms with Crippen molar-refractivity contribution in [3.8, 4) is 0 Å². The zero-order valence-electron chi connectivity index (χ0n) is 14.4. The summed E-state index contributed by atoms with van der Waals surface area (Å²) in [6.45, 7) is 3.56. The molecular weight excluding hydrogens is 376 g/mol. The van der Waals surface area contributed by atoms with Crippen LogP contribution in [0.3, 0.4) is 0 Å². The summed E-state index contributed by atoms with van der Waals surface area (Å²) >= 11 is 5.87. The Labute approximate surface area is 158 Å². The number of sulfonamides is 1. The van der Waals surface area contributed by atoms with Crippen LogP contribution in [-0.4, -0.2) is 34.1 Å². The van der Waals surface area contributed by atoms with E-state index in [0.717, 1.165) is 0 Å². The average Bonchev–Trinajstić information content (AvgIpc) is 2.61. The van der Waals surface area contributed by atoms with Gasteiger partial charge in [-0.25, -0.2) is 8.42 Å². The van der Waals surface area contributed by atoms with E-state index in [1.807, 2.05) is 6.92 Å². The number of nitrogens with one attached hydrogen (secondary N) is 2. The van der Waals surface area contributed by atoms with Crippen molar-refractivity contribution in [1.82, 2.24) is 5.32 Å². The second-order valence-electron chi connectivity index (χ2n) is 5.45. The van der Waals surface area contributed by atoms with E-state index >= 15 is 0 Å². The molecule has 26 heavy (non-hydrogen) atoms. The number of benzene rings is 2. The Hall–Kier alpha value is -2.09. The minimum absolute atomic E-state index is 0.000517. The number of rotatable bonds is 9. The third-order valence-electron chi connectivity index (χ3n) is 3.44. The zero-order valence-corrected chi connectivity index (χ0v) is 15.9. The molecule has 0 radical (unpaired) electrons. The minimum Gasteiger partial charge on any atom is -0.382 e. The highest BCUT2D eigenvalue weighted by Gasteiger charge is 2.16. The number of hydrogen-bond donors (Lipinski definition) is 2. The van der Waals surface area contributed by atoms with Gasteiger partial charge in [-0.2, -0.15) is 0 Å². The lowest BCUT2D eigenvalue weighted by Gasteiger charge is -2.10. The van der Waals surface area contributed by atoms with Gasteiger partial charge in [0.1, 0.15) is 0 Å².